The third-order valence-electron chi connectivity index (χ3n) is 5.38. The minimum absolute atomic E-state index is 0.00935. The van der Waals surface area contributed by atoms with Gasteiger partial charge in [-0.3, -0.25) is 5.32 Å². The van der Waals surface area contributed by atoms with E-state index in [1.807, 2.05) is 38.5 Å². The lowest BCUT2D eigenvalue weighted by Crippen LogP contribution is -2.20. The van der Waals surface area contributed by atoms with Gasteiger partial charge < -0.3 is 24.9 Å². The van der Waals surface area contributed by atoms with Crippen LogP contribution < -0.4 is 16.4 Å². The van der Waals surface area contributed by atoms with E-state index in [-0.39, 0.29) is 16.9 Å². The first-order valence-electron chi connectivity index (χ1n) is 11.2. The maximum absolute atomic E-state index is 15.0. The number of benzene rings is 1. The highest BCUT2D eigenvalue weighted by molar-refractivity contribution is 6.02. The molecule has 2 amide bonds. The highest BCUT2D eigenvalue weighted by atomic mass is 19.1. The Kier molecular flexibility index (Phi) is 6.70. The highest BCUT2D eigenvalue weighted by Gasteiger charge is 2.21. The number of amides is 2. The van der Waals surface area contributed by atoms with Crippen LogP contribution in [0.2, 0.25) is 0 Å². The van der Waals surface area contributed by atoms with Crippen molar-refractivity contribution in [3.8, 4) is 11.1 Å². The average molecular weight is 482 g/mol. The van der Waals surface area contributed by atoms with Gasteiger partial charge in [0.25, 0.3) is 0 Å². The molecular formula is C24H28FN7O3. The van der Waals surface area contributed by atoms with Gasteiger partial charge in [0.1, 0.15) is 29.4 Å². The van der Waals surface area contributed by atoms with Crippen molar-refractivity contribution in [1.82, 2.24) is 19.7 Å². The number of hydrogen-bond donors (Lipinski definition) is 3. The summed E-state index contributed by atoms with van der Waals surface area (Å²) in [4.78, 5) is 20.8. The Hall–Kier alpha value is -3.99. The summed E-state index contributed by atoms with van der Waals surface area (Å²) >= 11 is 0. The molecule has 4 N–H and O–H groups in total. The Morgan fingerprint density at radius 3 is 2.71 bits per heavy atom. The number of halogens is 1. The lowest BCUT2D eigenvalue weighted by atomic mass is 9.93. The van der Waals surface area contributed by atoms with Crippen LogP contribution in [0.1, 0.15) is 33.5 Å². The maximum Gasteiger partial charge on any atom is 0.325 e. The third-order valence-corrected chi connectivity index (χ3v) is 5.38. The molecule has 35 heavy (non-hydrogen) atoms. The van der Waals surface area contributed by atoms with E-state index in [2.05, 4.69) is 25.8 Å². The van der Waals surface area contributed by atoms with Crippen LogP contribution in [0, 0.1) is 5.82 Å². The van der Waals surface area contributed by atoms with Gasteiger partial charge in [-0.15, -0.1) is 0 Å². The molecule has 0 atom stereocenters. The molecule has 0 aliphatic heterocycles. The minimum atomic E-state index is -0.643. The summed E-state index contributed by atoms with van der Waals surface area (Å²) in [6.45, 7) is 9.47. The van der Waals surface area contributed by atoms with Gasteiger partial charge in [-0.2, -0.15) is 0 Å². The highest BCUT2D eigenvalue weighted by Crippen LogP contribution is 2.34. The smallest absolute Gasteiger partial charge is 0.325 e. The Morgan fingerprint density at radius 2 is 2.03 bits per heavy atom. The number of urea groups is 1. The first-order valence-corrected chi connectivity index (χ1v) is 11.2. The van der Waals surface area contributed by atoms with E-state index in [0.717, 1.165) is 0 Å². The standard InChI is InChI=1S/C24H28FN7O3/c1-5-34-9-8-32-12-15(20-21(26)27-13-28-22(20)32)14-6-7-17(16(25)10-14)29-23(33)30-19-11-18(35-31-19)24(2,3)4/h6-7,10-13H,5,8-9H2,1-4H3,(H2,26,27,28)(H2,29,30,31,33). The molecule has 4 rings (SSSR count). The molecule has 0 radical (unpaired) electrons. The molecule has 1 aromatic carbocycles. The molecule has 0 saturated heterocycles. The molecule has 184 valence electrons. The second-order valence-electron chi connectivity index (χ2n) is 8.99. The molecular weight excluding hydrogens is 453 g/mol. The van der Waals surface area contributed by atoms with E-state index in [4.69, 9.17) is 15.0 Å². The van der Waals surface area contributed by atoms with Crippen molar-refractivity contribution in [3.63, 3.8) is 0 Å². The fraction of sp³-hybridized carbons (Fsp3) is 0.333. The van der Waals surface area contributed by atoms with Crippen LogP contribution in [0.15, 0.2) is 41.3 Å². The van der Waals surface area contributed by atoms with E-state index in [0.29, 0.717) is 53.5 Å². The third kappa shape index (κ3) is 5.24. The molecule has 4 aromatic rings. The van der Waals surface area contributed by atoms with Gasteiger partial charge in [-0.25, -0.2) is 19.2 Å². The predicted octanol–water partition coefficient (Wildman–Crippen LogP) is 4.79. The SMILES string of the molecule is CCOCCn1cc(-c2ccc(NC(=O)Nc3cc(C(C)(C)C)on3)c(F)c2)c2c(N)ncnc21. The second kappa shape index (κ2) is 9.71. The van der Waals surface area contributed by atoms with Gasteiger partial charge in [0, 0.05) is 36.4 Å². The van der Waals surface area contributed by atoms with E-state index in [9.17, 15) is 9.18 Å². The zero-order chi connectivity index (χ0) is 25.2. The topological polar surface area (TPSA) is 133 Å². The summed E-state index contributed by atoms with van der Waals surface area (Å²) in [6, 6.07) is 5.50. The lowest BCUT2D eigenvalue weighted by molar-refractivity contribution is 0.140. The summed E-state index contributed by atoms with van der Waals surface area (Å²) in [5, 5.41) is 9.50. The van der Waals surface area contributed by atoms with Crippen molar-refractivity contribution in [1.29, 1.82) is 0 Å². The molecule has 10 nitrogen and oxygen atoms in total. The van der Waals surface area contributed by atoms with Crippen LogP contribution in [0.25, 0.3) is 22.2 Å². The zero-order valence-electron chi connectivity index (χ0n) is 20.1. The number of fused-ring (bicyclic) bond motifs is 1. The van der Waals surface area contributed by atoms with Crippen molar-refractivity contribution in [3.05, 3.63) is 48.4 Å². The maximum atomic E-state index is 15.0. The number of anilines is 3. The van der Waals surface area contributed by atoms with Crippen LogP contribution >= 0.6 is 0 Å². The van der Waals surface area contributed by atoms with Crippen molar-refractivity contribution < 1.29 is 18.4 Å². The minimum Gasteiger partial charge on any atom is -0.383 e. The van der Waals surface area contributed by atoms with Crippen LogP contribution in [-0.4, -0.2) is 38.9 Å². The van der Waals surface area contributed by atoms with E-state index in [1.54, 1.807) is 12.1 Å². The second-order valence-corrected chi connectivity index (χ2v) is 8.99. The fourth-order valence-corrected chi connectivity index (χ4v) is 3.59. The molecule has 3 heterocycles. The first kappa shape index (κ1) is 24.1. The number of carbonyl (C=O) groups is 1. The van der Waals surface area contributed by atoms with Crippen LogP contribution in [0.3, 0.4) is 0 Å². The Bertz CT molecular complexity index is 1360. The van der Waals surface area contributed by atoms with Gasteiger partial charge >= 0.3 is 6.03 Å². The molecule has 0 unspecified atom stereocenters. The first-order chi connectivity index (χ1) is 16.7. The molecule has 3 aromatic heterocycles. The molecule has 0 aliphatic carbocycles. The Labute approximate surface area is 201 Å². The van der Waals surface area contributed by atoms with Crippen molar-refractivity contribution in [2.75, 3.05) is 29.6 Å². The monoisotopic (exact) mass is 481 g/mol. The van der Waals surface area contributed by atoms with Gasteiger partial charge in [-0.05, 0) is 24.6 Å². The van der Waals surface area contributed by atoms with Gasteiger partial charge in [0.15, 0.2) is 5.82 Å². The molecule has 0 aliphatic rings. The van der Waals surface area contributed by atoms with Gasteiger partial charge in [0.05, 0.1) is 17.7 Å². The number of carbonyl (C=O) groups excluding carboxylic acids is 1. The Balaban J connectivity index is 1.55. The van der Waals surface area contributed by atoms with E-state index < -0.39 is 11.8 Å². The number of nitrogens with one attached hydrogen (secondary N) is 2. The Morgan fingerprint density at radius 1 is 1.23 bits per heavy atom. The molecule has 0 bridgehead atoms. The van der Waals surface area contributed by atoms with Crippen molar-refractivity contribution in [2.24, 2.45) is 0 Å². The normalized spacial score (nSPS) is 11.7. The average Bonchev–Trinajstić information content (AvgIpc) is 3.41. The number of aromatic nitrogens is 4. The summed E-state index contributed by atoms with van der Waals surface area (Å²) in [6.07, 6.45) is 3.24. The number of nitrogen functional groups attached to an aromatic ring is 1. The fourth-order valence-electron chi connectivity index (χ4n) is 3.59. The molecule has 11 heteroatoms. The van der Waals surface area contributed by atoms with E-state index >= 15 is 0 Å². The largest absolute Gasteiger partial charge is 0.383 e. The van der Waals surface area contributed by atoms with Gasteiger partial charge in [0.2, 0.25) is 0 Å². The van der Waals surface area contributed by atoms with Gasteiger partial charge in [-0.1, -0.05) is 32.0 Å². The number of nitrogens with two attached hydrogens (primary N) is 1. The summed E-state index contributed by atoms with van der Waals surface area (Å²) in [7, 11) is 0. The van der Waals surface area contributed by atoms with Crippen molar-refractivity contribution in [2.45, 2.75) is 39.7 Å². The summed E-state index contributed by atoms with van der Waals surface area (Å²) in [5.41, 5.74) is 7.77. The number of hydrogen-bond acceptors (Lipinski definition) is 7. The van der Waals surface area contributed by atoms with Crippen LogP contribution in [0.4, 0.5) is 26.5 Å². The summed E-state index contributed by atoms with van der Waals surface area (Å²) in [5.74, 6) is 0.537. The number of ether oxygens (including phenoxy) is 1. The number of nitrogens with zero attached hydrogens (tertiary/aromatic N) is 4. The molecule has 0 saturated carbocycles. The molecule has 0 spiro atoms. The zero-order valence-corrected chi connectivity index (χ0v) is 20.1. The van der Waals surface area contributed by atoms with Crippen LogP contribution in [0.5, 0.6) is 0 Å². The predicted molar refractivity (Wildman–Crippen MR) is 132 cm³/mol. The van der Waals surface area contributed by atoms with Crippen molar-refractivity contribution >= 4 is 34.4 Å². The van der Waals surface area contributed by atoms with E-state index in [1.165, 1.54) is 18.5 Å². The number of rotatable bonds is 7. The van der Waals surface area contributed by atoms with Crippen LogP contribution in [-0.2, 0) is 16.7 Å². The molecule has 0 fully saturated rings. The quantitative estimate of drug-likeness (QED) is 0.323. The summed E-state index contributed by atoms with van der Waals surface area (Å²) < 4.78 is 27.6. The lowest BCUT2D eigenvalue weighted by Gasteiger charge is -2.12.